The summed E-state index contributed by atoms with van der Waals surface area (Å²) in [5.41, 5.74) is 2.66. The van der Waals surface area contributed by atoms with Crippen LogP contribution in [-0.4, -0.2) is 60.6 Å². The Morgan fingerprint density at radius 3 is 2.61 bits per heavy atom. The van der Waals surface area contributed by atoms with Crippen LogP contribution in [0.25, 0.3) is 11.3 Å². The van der Waals surface area contributed by atoms with E-state index in [4.69, 9.17) is 9.72 Å². The number of nitrogens with one attached hydrogen (secondary N) is 1. The number of thiophene rings is 1. The summed E-state index contributed by atoms with van der Waals surface area (Å²) >= 11 is 3.05. The SMILES string of the molecule is O=C(Nc1ccc(-c2csc(N3CCOCC3)n2)cc1)C1CCCCN1C(=O)c1cccs1. The number of nitrogens with zero attached hydrogens (tertiary/aromatic N) is 3. The summed E-state index contributed by atoms with van der Waals surface area (Å²) in [6.45, 7) is 3.82. The fraction of sp³-hybridized carbons (Fsp3) is 0.375. The molecule has 9 heteroatoms. The number of hydrogen-bond donors (Lipinski definition) is 1. The van der Waals surface area contributed by atoms with Crippen LogP contribution in [0.3, 0.4) is 0 Å². The molecule has 5 rings (SSSR count). The first-order chi connectivity index (χ1) is 16.2. The van der Waals surface area contributed by atoms with Gasteiger partial charge in [-0.1, -0.05) is 18.2 Å². The van der Waals surface area contributed by atoms with Gasteiger partial charge in [0, 0.05) is 36.3 Å². The van der Waals surface area contributed by atoms with Crippen molar-refractivity contribution in [3.63, 3.8) is 0 Å². The van der Waals surface area contributed by atoms with Gasteiger partial charge in [-0.3, -0.25) is 9.59 Å². The normalized spacial score (nSPS) is 18.8. The minimum Gasteiger partial charge on any atom is -0.378 e. The summed E-state index contributed by atoms with van der Waals surface area (Å²) in [6.07, 6.45) is 2.56. The number of thiazole rings is 1. The third-order valence-corrected chi connectivity index (χ3v) is 7.78. The number of piperidine rings is 1. The molecule has 1 N–H and O–H groups in total. The Hall–Kier alpha value is -2.75. The number of hydrogen-bond acceptors (Lipinski definition) is 7. The number of benzene rings is 1. The zero-order valence-corrected chi connectivity index (χ0v) is 19.9. The molecular formula is C24H26N4O3S2. The zero-order chi connectivity index (χ0) is 22.6. The minimum absolute atomic E-state index is 0.0557. The van der Waals surface area contributed by atoms with Gasteiger partial charge in [0.05, 0.1) is 23.8 Å². The summed E-state index contributed by atoms with van der Waals surface area (Å²) in [5.74, 6) is -0.185. The van der Waals surface area contributed by atoms with E-state index < -0.39 is 6.04 Å². The molecule has 7 nitrogen and oxygen atoms in total. The van der Waals surface area contributed by atoms with E-state index in [1.165, 1.54) is 11.3 Å². The topological polar surface area (TPSA) is 74.8 Å². The van der Waals surface area contributed by atoms with Crippen LogP contribution in [0.1, 0.15) is 28.9 Å². The van der Waals surface area contributed by atoms with Crippen LogP contribution >= 0.6 is 22.7 Å². The number of amides is 2. The van der Waals surface area contributed by atoms with Crippen LogP contribution in [-0.2, 0) is 9.53 Å². The van der Waals surface area contributed by atoms with Crippen molar-refractivity contribution in [3.8, 4) is 11.3 Å². The summed E-state index contributed by atoms with van der Waals surface area (Å²) in [7, 11) is 0. The van der Waals surface area contributed by atoms with Gasteiger partial charge in [0.25, 0.3) is 5.91 Å². The molecule has 33 heavy (non-hydrogen) atoms. The summed E-state index contributed by atoms with van der Waals surface area (Å²) in [5, 5.41) is 7.97. The molecule has 0 spiro atoms. The van der Waals surface area contributed by atoms with Crippen LogP contribution in [0.4, 0.5) is 10.8 Å². The summed E-state index contributed by atoms with van der Waals surface area (Å²) in [6, 6.07) is 11.0. The lowest BCUT2D eigenvalue weighted by Gasteiger charge is -2.34. The van der Waals surface area contributed by atoms with E-state index in [1.54, 1.807) is 16.2 Å². The average molecular weight is 483 g/mol. The third kappa shape index (κ3) is 4.95. The van der Waals surface area contributed by atoms with Gasteiger partial charge >= 0.3 is 0 Å². The van der Waals surface area contributed by atoms with Crippen molar-refractivity contribution < 1.29 is 14.3 Å². The Kier molecular flexibility index (Phi) is 6.70. The van der Waals surface area contributed by atoms with Crippen molar-refractivity contribution in [2.45, 2.75) is 25.3 Å². The highest BCUT2D eigenvalue weighted by molar-refractivity contribution is 7.14. The largest absolute Gasteiger partial charge is 0.378 e. The van der Waals surface area contributed by atoms with Gasteiger partial charge in [0.1, 0.15) is 6.04 Å². The summed E-state index contributed by atoms with van der Waals surface area (Å²) in [4.78, 5) is 35.4. The van der Waals surface area contributed by atoms with Crippen molar-refractivity contribution in [2.24, 2.45) is 0 Å². The lowest BCUT2D eigenvalue weighted by molar-refractivity contribution is -0.121. The van der Waals surface area contributed by atoms with Crippen LogP contribution in [0.5, 0.6) is 0 Å². The second-order valence-corrected chi connectivity index (χ2v) is 9.95. The second kappa shape index (κ2) is 10.0. The first-order valence-corrected chi connectivity index (χ1v) is 13.0. The van der Waals surface area contributed by atoms with Crippen LogP contribution in [0.15, 0.2) is 47.2 Å². The maximum Gasteiger partial charge on any atom is 0.264 e. The van der Waals surface area contributed by atoms with Gasteiger partial charge in [-0.05, 0) is 42.8 Å². The molecule has 1 atom stereocenters. The molecule has 2 fully saturated rings. The molecule has 2 aliphatic rings. The molecular weight excluding hydrogens is 456 g/mol. The number of morpholine rings is 1. The van der Waals surface area contributed by atoms with Crippen molar-refractivity contribution >= 4 is 45.3 Å². The molecule has 2 aromatic heterocycles. The summed E-state index contributed by atoms with van der Waals surface area (Å²) < 4.78 is 5.42. The first-order valence-electron chi connectivity index (χ1n) is 11.2. The molecule has 0 saturated carbocycles. The molecule has 0 aliphatic carbocycles. The molecule has 4 heterocycles. The second-order valence-electron chi connectivity index (χ2n) is 8.17. The number of aromatic nitrogens is 1. The van der Waals surface area contributed by atoms with Gasteiger partial charge in [-0.25, -0.2) is 4.98 Å². The van der Waals surface area contributed by atoms with E-state index in [2.05, 4.69) is 15.6 Å². The lowest BCUT2D eigenvalue weighted by atomic mass is 10.0. The highest BCUT2D eigenvalue weighted by Crippen LogP contribution is 2.29. The van der Waals surface area contributed by atoms with Crippen molar-refractivity contribution in [1.82, 2.24) is 9.88 Å². The Balaban J connectivity index is 1.24. The van der Waals surface area contributed by atoms with Gasteiger partial charge in [0.2, 0.25) is 5.91 Å². The molecule has 1 unspecified atom stereocenters. The van der Waals surface area contributed by atoms with Crippen LogP contribution < -0.4 is 10.2 Å². The van der Waals surface area contributed by atoms with Gasteiger partial charge in [-0.2, -0.15) is 0 Å². The zero-order valence-electron chi connectivity index (χ0n) is 18.2. The van der Waals surface area contributed by atoms with Gasteiger partial charge < -0.3 is 19.9 Å². The minimum atomic E-state index is -0.442. The third-order valence-electron chi connectivity index (χ3n) is 6.02. The molecule has 0 bridgehead atoms. The van der Waals surface area contributed by atoms with E-state index in [0.29, 0.717) is 17.8 Å². The molecule has 2 aliphatic heterocycles. The number of carbonyl (C=O) groups excluding carboxylic acids is 2. The highest BCUT2D eigenvalue weighted by Gasteiger charge is 2.33. The predicted molar refractivity (Wildman–Crippen MR) is 132 cm³/mol. The van der Waals surface area contributed by atoms with Crippen LogP contribution in [0, 0.1) is 0 Å². The molecule has 2 saturated heterocycles. The fourth-order valence-electron chi connectivity index (χ4n) is 4.24. The monoisotopic (exact) mass is 482 g/mol. The van der Waals surface area contributed by atoms with Crippen molar-refractivity contribution in [1.29, 1.82) is 0 Å². The Bertz CT molecular complexity index is 1090. The van der Waals surface area contributed by atoms with Gasteiger partial charge in [0.15, 0.2) is 5.13 Å². The number of ether oxygens (including phenoxy) is 1. The number of anilines is 2. The molecule has 172 valence electrons. The van der Waals surface area contributed by atoms with Gasteiger partial charge in [-0.15, -0.1) is 22.7 Å². The first kappa shape index (κ1) is 22.1. The maximum atomic E-state index is 13.1. The van der Waals surface area contributed by atoms with E-state index in [-0.39, 0.29) is 11.8 Å². The van der Waals surface area contributed by atoms with E-state index in [1.807, 2.05) is 41.8 Å². The predicted octanol–water partition coefficient (Wildman–Crippen LogP) is 4.34. The lowest BCUT2D eigenvalue weighted by Crippen LogP contribution is -2.49. The van der Waals surface area contributed by atoms with E-state index in [0.717, 1.165) is 61.2 Å². The number of likely N-dealkylation sites (tertiary alicyclic amines) is 1. The Morgan fingerprint density at radius 1 is 1.03 bits per heavy atom. The fourth-order valence-corrected chi connectivity index (χ4v) is 5.80. The number of carbonyl (C=O) groups is 2. The van der Waals surface area contributed by atoms with E-state index >= 15 is 0 Å². The Morgan fingerprint density at radius 2 is 1.85 bits per heavy atom. The maximum absolute atomic E-state index is 13.1. The number of rotatable bonds is 5. The molecule has 3 aromatic rings. The van der Waals surface area contributed by atoms with Crippen molar-refractivity contribution in [2.75, 3.05) is 43.1 Å². The highest BCUT2D eigenvalue weighted by atomic mass is 32.1. The van der Waals surface area contributed by atoms with Crippen molar-refractivity contribution in [3.05, 3.63) is 52.0 Å². The van der Waals surface area contributed by atoms with E-state index in [9.17, 15) is 9.59 Å². The Labute approximate surface area is 201 Å². The van der Waals surface area contributed by atoms with Crippen LogP contribution in [0.2, 0.25) is 0 Å². The average Bonchev–Trinajstić information content (AvgIpc) is 3.58. The quantitative estimate of drug-likeness (QED) is 0.586. The smallest absolute Gasteiger partial charge is 0.264 e. The molecule has 2 amide bonds. The standard InChI is InChI=1S/C24H26N4O3S2/c29-22(20-4-1-2-10-28(20)23(30)21-5-3-15-32-21)25-18-8-6-17(7-9-18)19-16-33-24(26-19)27-11-13-31-14-12-27/h3,5-9,15-16,20H,1-2,4,10-14H2,(H,25,29). The molecule has 1 aromatic carbocycles. The molecule has 0 radical (unpaired) electrons.